The molecule has 3 aromatic rings. The second-order valence-corrected chi connectivity index (χ2v) is 6.48. The zero-order valence-electron chi connectivity index (χ0n) is 15.4. The zero-order chi connectivity index (χ0) is 20.8. The van der Waals surface area contributed by atoms with Crippen LogP contribution in [-0.2, 0) is 4.79 Å². The van der Waals surface area contributed by atoms with Crippen molar-refractivity contribution in [3.8, 4) is 23.0 Å². The van der Waals surface area contributed by atoms with E-state index in [0.717, 1.165) is 11.8 Å². The molecule has 11 heteroatoms. The van der Waals surface area contributed by atoms with Gasteiger partial charge in [0.15, 0.2) is 0 Å². The highest BCUT2D eigenvalue weighted by Crippen LogP contribution is 2.31. The third-order valence-corrected chi connectivity index (χ3v) is 4.56. The molecule has 0 fully saturated rings. The maximum absolute atomic E-state index is 12.2. The van der Waals surface area contributed by atoms with E-state index in [1.165, 1.54) is 25.3 Å². The van der Waals surface area contributed by atoms with Crippen LogP contribution >= 0.6 is 11.8 Å². The molecule has 0 bridgehead atoms. The van der Waals surface area contributed by atoms with Gasteiger partial charge in [0, 0.05) is 6.07 Å². The molecular weight excluding hydrogens is 400 g/mol. The molecule has 1 amide bonds. The average molecular weight is 416 g/mol. The molecule has 10 nitrogen and oxygen atoms in total. The van der Waals surface area contributed by atoms with Gasteiger partial charge in [0.2, 0.25) is 5.91 Å². The Hall–Kier alpha value is -3.60. The molecule has 0 unspecified atom stereocenters. The van der Waals surface area contributed by atoms with Crippen molar-refractivity contribution in [2.45, 2.75) is 5.22 Å². The third-order valence-electron chi connectivity index (χ3n) is 3.74. The van der Waals surface area contributed by atoms with Crippen molar-refractivity contribution in [3.05, 3.63) is 52.6 Å². The highest BCUT2D eigenvalue weighted by Gasteiger charge is 2.16. The topological polar surface area (TPSA) is 130 Å². The maximum Gasteiger partial charge on any atom is 0.277 e. The summed E-state index contributed by atoms with van der Waals surface area (Å²) in [4.78, 5) is 22.5. The molecule has 150 valence electrons. The van der Waals surface area contributed by atoms with Gasteiger partial charge >= 0.3 is 0 Å². The number of nitro benzene ring substituents is 1. The van der Waals surface area contributed by atoms with Crippen LogP contribution in [0.5, 0.6) is 11.5 Å². The lowest BCUT2D eigenvalue weighted by molar-refractivity contribution is -0.384. The van der Waals surface area contributed by atoms with Crippen LogP contribution in [0.1, 0.15) is 0 Å². The molecule has 0 aliphatic heterocycles. The van der Waals surface area contributed by atoms with Crippen molar-refractivity contribution in [1.82, 2.24) is 10.2 Å². The minimum absolute atomic E-state index is 0.00625. The number of thioether (sulfide) groups is 1. The van der Waals surface area contributed by atoms with E-state index in [2.05, 4.69) is 15.5 Å². The monoisotopic (exact) mass is 416 g/mol. The van der Waals surface area contributed by atoms with Gasteiger partial charge in [-0.05, 0) is 18.2 Å². The van der Waals surface area contributed by atoms with Gasteiger partial charge in [0.1, 0.15) is 11.5 Å². The van der Waals surface area contributed by atoms with Crippen LogP contribution in [0.25, 0.3) is 11.5 Å². The van der Waals surface area contributed by atoms with Gasteiger partial charge < -0.3 is 19.2 Å². The number of benzene rings is 2. The standard InChI is InChI=1S/C18H16N4O6S/c1-26-14-6-4-3-5-12(14)17-20-21-18(28-17)29-10-16(23)19-13-8-7-11(22(24)25)9-15(13)27-2/h3-9H,10H2,1-2H3,(H,19,23). The Morgan fingerprint density at radius 2 is 1.93 bits per heavy atom. The Kier molecular flexibility index (Phi) is 6.29. The number of para-hydroxylation sites is 1. The van der Waals surface area contributed by atoms with Gasteiger partial charge in [0.25, 0.3) is 16.8 Å². The molecule has 2 aromatic carbocycles. The van der Waals surface area contributed by atoms with Crippen LogP contribution in [0.15, 0.2) is 52.1 Å². The molecule has 0 aliphatic carbocycles. The Morgan fingerprint density at radius 1 is 1.17 bits per heavy atom. The fraction of sp³-hybridized carbons (Fsp3) is 0.167. The van der Waals surface area contributed by atoms with E-state index in [0.29, 0.717) is 17.0 Å². The fourth-order valence-electron chi connectivity index (χ4n) is 2.41. The maximum atomic E-state index is 12.2. The molecule has 0 saturated carbocycles. The van der Waals surface area contributed by atoms with E-state index in [1.54, 1.807) is 19.2 Å². The van der Waals surface area contributed by atoms with Crippen LogP contribution < -0.4 is 14.8 Å². The Morgan fingerprint density at radius 3 is 2.66 bits per heavy atom. The highest BCUT2D eigenvalue weighted by atomic mass is 32.2. The molecule has 0 spiro atoms. The lowest BCUT2D eigenvalue weighted by Crippen LogP contribution is -2.14. The third kappa shape index (κ3) is 4.82. The van der Waals surface area contributed by atoms with Gasteiger partial charge in [-0.15, -0.1) is 10.2 Å². The molecule has 0 radical (unpaired) electrons. The van der Waals surface area contributed by atoms with Crippen LogP contribution in [-0.4, -0.2) is 41.0 Å². The number of carbonyl (C=O) groups is 1. The summed E-state index contributed by atoms with van der Waals surface area (Å²) in [6.45, 7) is 0. The van der Waals surface area contributed by atoms with Gasteiger partial charge in [-0.2, -0.15) is 0 Å². The summed E-state index contributed by atoms with van der Waals surface area (Å²) in [5, 5.41) is 21.6. The van der Waals surface area contributed by atoms with Gasteiger partial charge in [-0.1, -0.05) is 23.9 Å². The summed E-state index contributed by atoms with van der Waals surface area (Å²) in [5.41, 5.74) is 0.835. The number of rotatable bonds is 8. The number of amides is 1. The Balaban J connectivity index is 1.63. The van der Waals surface area contributed by atoms with Crippen molar-refractivity contribution in [2.24, 2.45) is 0 Å². The number of carbonyl (C=O) groups excluding carboxylic acids is 1. The number of nitro groups is 1. The predicted octanol–water partition coefficient (Wildman–Crippen LogP) is 3.39. The highest BCUT2D eigenvalue weighted by molar-refractivity contribution is 7.99. The smallest absolute Gasteiger partial charge is 0.277 e. The van der Waals surface area contributed by atoms with Crippen molar-refractivity contribution in [1.29, 1.82) is 0 Å². The summed E-state index contributed by atoms with van der Waals surface area (Å²) in [5.74, 6) is 0.694. The van der Waals surface area contributed by atoms with E-state index in [4.69, 9.17) is 13.9 Å². The minimum Gasteiger partial charge on any atom is -0.496 e. The molecule has 0 aliphatic rings. The summed E-state index contributed by atoms with van der Waals surface area (Å²) in [6.07, 6.45) is 0. The Bertz CT molecular complexity index is 1040. The number of hydrogen-bond donors (Lipinski definition) is 1. The molecule has 1 aromatic heterocycles. The number of nitrogens with zero attached hydrogens (tertiary/aromatic N) is 3. The first kappa shape index (κ1) is 20.1. The van der Waals surface area contributed by atoms with E-state index in [1.807, 2.05) is 12.1 Å². The van der Waals surface area contributed by atoms with Crippen LogP contribution in [0.2, 0.25) is 0 Å². The normalized spacial score (nSPS) is 10.4. The first-order valence-electron chi connectivity index (χ1n) is 8.23. The number of ether oxygens (including phenoxy) is 2. The van der Waals surface area contributed by atoms with E-state index in [-0.39, 0.29) is 34.2 Å². The molecule has 0 atom stereocenters. The van der Waals surface area contributed by atoms with Crippen molar-refractivity contribution in [2.75, 3.05) is 25.3 Å². The summed E-state index contributed by atoms with van der Waals surface area (Å²) >= 11 is 1.06. The summed E-state index contributed by atoms with van der Waals surface area (Å²) < 4.78 is 15.9. The number of aromatic nitrogens is 2. The molecule has 29 heavy (non-hydrogen) atoms. The van der Waals surface area contributed by atoms with Crippen molar-refractivity contribution in [3.63, 3.8) is 0 Å². The molecule has 1 heterocycles. The predicted molar refractivity (Wildman–Crippen MR) is 105 cm³/mol. The second kappa shape index (κ2) is 9.06. The summed E-state index contributed by atoms with van der Waals surface area (Å²) in [6, 6.07) is 11.1. The van der Waals surface area contributed by atoms with Gasteiger partial charge in [0.05, 0.1) is 42.2 Å². The number of non-ortho nitro benzene ring substituents is 1. The van der Waals surface area contributed by atoms with Crippen LogP contribution in [0.4, 0.5) is 11.4 Å². The molecular formula is C18H16N4O6S. The second-order valence-electron chi connectivity index (χ2n) is 5.55. The largest absolute Gasteiger partial charge is 0.496 e. The lowest BCUT2D eigenvalue weighted by atomic mass is 10.2. The SMILES string of the molecule is COc1cc([N+](=O)[O-])ccc1NC(=O)CSc1nnc(-c2ccccc2OC)o1. The lowest BCUT2D eigenvalue weighted by Gasteiger charge is -2.09. The first-order valence-corrected chi connectivity index (χ1v) is 9.22. The van der Waals surface area contributed by atoms with E-state index >= 15 is 0 Å². The molecule has 0 saturated heterocycles. The van der Waals surface area contributed by atoms with Crippen LogP contribution in [0, 0.1) is 10.1 Å². The quantitative estimate of drug-likeness (QED) is 0.333. The average Bonchev–Trinajstić information content (AvgIpc) is 3.21. The number of nitrogens with one attached hydrogen (secondary N) is 1. The van der Waals surface area contributed by atoms with Crippen LogP contribution in [0.3, 0.4) is 0 Å². The minimum atomic E-state index is -0.543. The Labute approximate surface area is 169 Å². The molecule has 1 N–H and O–H groups in total. The number of hydrogen-bond acceptors (Lipinski definition) is 9. The summed E-state index contributed by atoms with van der Waals surface area (Å²) in [7, 11) is 2.91. The van der Waals surface area contributed by atoms with E-state index in [9.17, 15) is 14.9 Å². The van der Waals surface area contributed by atoms with Crippen molar-refractivity contribution >= 4 is 29.0 Å². The zero-order valence-corrected chi connectivity index (χ0v) is 16.3. The number of methoxy groups -OCH3 is 2. The first-order chi connectivity index (χ1) is 14.0. The van der Waals surface area contributed by atoms with Gasteiger partial charge in [-0.3, -0.25) is 14.9 Å². The number of anilines is 1. The van der Waals surface area contributed by atoms with Gasteiger partial charge in [-0.25, -0.2) is 0 Å². The fourth-order valence-corrected chi connectivity index (χ4v) is 2.97. The molecule has 3 rings (SSSR count). The van der Waals surface area contributed by atoms with E-state index < -0.39 is 4.92 Å². The van der Waals surface area contributed by atoms with Crippen molar-refractivity contribution < 1.29 is 23.6 Å².